The van der Waals surface area contributed by atoms with Crippen LogP contribution in [0.3, 0.4) is 0 Å². The van der Waals surface area contributed by atoms with Crippen LogP contribution in [0.15, 0.2) is 65.8 Å². The molecular formula is C20H18N4O2S. The van der Waals surface area contributed by atoms with Crippen LogP contribution in [0.25, 0.3) is 17.0 Å². The molecule has 0 aliphatic heterocycles. The van der Waals surface area contributed by atoms with Gasteiger partial charge in [0.1, 0.15) is 11.5 Å². The number of thioether (sulfide) groups is 1. The van der Waals surface area contributed by atoms with Gasteiger partial charge in [0, 0.05) is 34.6 Å². The van der Waals surface area contributed by atoms with E-state index in [1.54, 1.807) is 36.2 Å². The second-order valence-corrected chi connectivity index (χ2v) is 6.72. The first-order valence-corrected chi connectivity index (χ1v) is 9.53. The summed E-state index contributed by atoms with van der Waals surface area (Å²) in [7, 11) is 1.52. The number of aromatic hydroxyl groups is 1. The van der Waals surface area contributed by atoms with Gasteiger partial charge in [-0.15, -0.1) is 11.8 Å². The van der Waals surface area contributed by atoms with Gasteiger partial charge in [0.05, 0.1) is 7.11 Å². The van der Waals surface area contributed by atoms with Gasteiger partial charge in [-0.1, -0.05) is 12.1 Å². The maximum absolute atomic E-state index is 9.83. The molecule has 0 bridgehead atoms. The molecule has 0 unspecified atom stereocenters. The average molecular weight is 378 g/mol. The number of aromatic nitrogens is 3. The smallest absolute Gasteiger partial charge is 0.235 e. The zero-order valence-corrected chi connectivity index (χ0v) is 15.7. The number of benzene rings is 2. The van der Waals surface area contributed by atoms with Gasteiger partial charge in [0.15, 0.2) is 11.5 Å². The lowest BCUT2D eigenvalue weighted by Crippen LogP contribution is -1.98. The van der Waals surface area contributed by atoms with Crippen LogP contribution in [-0.4, -0.2) is 32.8 Å². The quantitative estimate of drug-likeness (QED) is 0.391. The predicted molar refractivity (Wildman–Crippen MR) is 108 cm³/mol. The minimum atomic E-state index is 0.0933. The highest BCUT2D eigenvalue weighted by atomic mass is 32.2. The number of phenols is 1. The fourth-order valence-electron chi connectivity index (χ4n) is 2.85. The number of fused-ring (bicyclic) bond motifs is 1. The summed E-state index contributed by atoms with van der Waals surface area (Å²) in [5.74, 6) is 1.89. The van der Waals surface area contributed by atoms with Crippen LogP contribution in [0.5, 0.6) is 11.5 Å². The Bertz CT molecular complexity index is 1090. The van der Waals surface area contributed by atoms with E-state index < -0.39 is 0 Å². The van der Waals surface area contributed by atoms with Crippen LogP contribution in [0.4, 0.5) is 11.5 Å². The Hall–Kier alpha value is -3.19. The third kappa shape index (κ3) is 3.29. The van der Waals surface area contributed by atoms with E-state index in [2.05, 4.69) is 40.8 Å². The lowest BCUT2D eigenvalue weighted by Gasteiger charge is -2.11. The molecule has 2 heterocycles. The van der Waals surface area contributed by atoms with Crippen molar-refractivity contribution in [3.8, 4) is 22.8 Å². The summed E-state index contributed by atoms with van der Waals surface area (Å²) in [6, 6.07) is 15.2. The fraction of sp³-hybridized carbons (Fsp3) is 0.100. The number of nitrogens with zero attached hydrogens (tertiary/aromatic N) is 3. The van der Waals surface area contributed by atoms with E-state index in [-0.39, 0.29) is 5.75 Å². The zero-order chi connectivity index (χ0) is 18.8. The van der Waals surface area contributed by atoms with Gasteiger partial charge >= 0.3 is 0 Å². The Kier molecular flexibility index (Phi) is 4.60. The zero-order valence-electron chi connectivity index (χ0n) is 14.9. The third-order valence-corrected chi connectivity index (χ3v) is 4.95. The Morgan fingerprint density at radius 2 is 1.96 bits per heavy atom. The van der Waals surface area contributed by atoms with E-state index in [4.69, 9.17) is 9.72 Å². The Balaban J connectivity index is 1.83. The summed E-state index contributed by atoms with van der Waals surface area (Å²) in [5, 5.41) is 13.2. The SMILES string of the molecule is COc1cc(Nc2c(-c3ccc(SC)cc3)nc3ncccn23)ccc1O. The monoisotopic (exact) mass is 378 g/mol. The van der Waals surface area contributed by atoms with Gasteiger partial charge in [-0.3, -0.25) is 4.40 Å². The number of imidazole rings is 1. The molecule has 2 aromatic carbocycles. The molecule has 0 aliphatic rings. The number of phenolic OH excluding ortho intramolecular Hbond substituents is 1. The molecule has 4 aromatic rings. The number of ether oxygens (including phenoxy) is 1. The average Bonchev–Trinajstić information content (AvgIpc) is 3.08. The molecule has 0 amide bonds. The van der Waals surface area contributed by atoms with Crippen molar-refractivity contribution < 1.29 is 9.84 Å². The summed E-state index contributed by atoms with van der Waals surface area (Å²) in [5.41, 5.74) is 2.57. The molecule has 2 N–H and O–H groups in total. The molecule has 0 fully saturated rings. The van der Waals surface area contributed by atoms with Gasteiger partial charge in [0.2, 0.25) is 5.78 Å². The highest BCUT2D eigenvalue weighted by Crippen LogP contribution is 2.34. The van der Waals surface area contributed by atoms with Crippen molar-refractivity contribution in [3.05, 3.63) is 60.9 Å². The van der Waals surface area contributed by atoms with E-state index in [9.17, 15) is 5.11 Å². The first kappa shape index (κ1) is 17.2. The van der Waals surface area contributed by atoms with E-state index in [0.29, 0.717) is 11.5 Å². The van der Waals surface area contributed by atoms with Crippen LogP contribution in [0.2, 0.25) is 0 Å². The van der Waals surface area contributed by atoms with Crippen molar-refractivity contribution >= 4 is 29.0 Å². The van der Waals surface area contributed by atoms with E-state index in [1.165, 1.54) is 12.0 Å². The third-order valence-electron chi connectivity index (χ3n) is 4.21. The lowest BCUT2D eigenvalue weighted by molar-refractivity contribution is 0.374. The predicted octanol–water partition coefficient (Wildman–Crippen LogP) is 4.58. The molecule has 0 aliphatic carbocycles. The second-order valence-electron chi connectivity index (χ2n) is 5.84. The number of nitrogens with one attached hydrogen (secondary N) is 1. The molecule has 0 spiro atoms. The highest BCUT2D eigenvalue weighted by Gasteiger charge is 2.15. The molecule has 6 nitrogen and oxygen atoms in total. The number of rotatable bonds is 5. The minimum absolute atomic E-state index is 0.0933. The topological polar surface area (TPSA) is 71.7 Å². The number of methoxy groups -OCH3 is 1. The largest absolute Gasteiger partial charge is 0.504 e. The lowest BCUT2D eigenvalue weighted by atomic mass is 10.1. The van der Waals surface area contributed by atoms with Crippen LogP contribution < -0.4 is 10.1 Å². The Morgan fingerprint density at radius 1 is 1.15 bits per heavy atom. The van der Waals surface area contributed by atoms with Crippen LogP contribution in [0, 0.1) is 0 Å². The van der Waals surface area contributed by atoms with Gasteiger partial charge in [-0.25, -0.2) is 9.97 Å². The molecule has 0 atom stereocenters. The van der Waals surface area contributed by atoms with Crippen molar-refractivity contribution in [2.24, 2.45) is 0 Å². The second kappa shape index (κ2) is 7.20. The Labute approximate surface area is 160 Å². The van der Waals surface area contributed by atoms with Gasteiger partial charge in [-0.2, -0.15) is 0 Å². The van der Waals surface area contributed by atoms with Crippen LogP contribution >= 0.6 is 11.8 Å². The maximum Gasteiger partial charge on any atom is 0.235 e. The molecule has 136 valence electrons. The molecular weight excluding hydrogens is 360 g/mol. The summed E-state index contributed by atoms with van der Waals surface area (Å²) < 4.78 is 7.11. The Morgan fingerprint density at radius 3 is 2.70 bits per heavy atom. The van der Waals surface area contributed by atoms with Crippen LogP contribution in [-0.2, 0) is 0 Å². The van der Waals surface area contributed by atoms with Crippen molar-refractivity contribution in [1.82, 2.24) is 14.4 Å². The summed E-state index contributed by atoms with van der Waals surface area (Å²) >= 11 is 1.70. The standard InChI is InChI=1S/C20H18N4O2S/c1-26-17-12-14(6-9-16(17)25)22-19-18(13-4-7-15(27-2)8-5-13)23-20-21-10-3-11-24(19)20/h3-12,22,25H,1-2H3. The van der Waals surface area contributed by atoms with Gasteiger partial charge in [0.25, 0.3) is 0 Å². The van der Waals surface area contributed by atoms with E-state index in [0.717, 1.165) is 22.8 Å². The molecule has 4 rings (SSSR count). The molecule has 7 heteroatoms. The van der Waals surface area contributed by atoms with Crippen molar-refractivity contribution in [1.29, 1.82) is 0 Å². The first-order valence-electron chi connectivity index (χ1n) is 8.31. The molecule has 0 saturated heterocycles. The number of hydrogen-bond donors (Lipinski definition) is 2. The van der Waals surface area contributed by atoms with Gasteiger partial charge in [-0.05, 0) is 36.6 Å². The van der Waals surface area contributed by atoms with E-state index in [1.807, 2.05) is 16.7 Å². The summed E-state index contributed by atoms with van der Waals surface area (Å²) in [6.07, 6.45) is 5.68. The highest BCUT2D eigenvalue weighted by molar-refractivity contribution is 7.98. The fourth-order valence-corrected chi connectivity index (χ4v) is 3.26. The first-order chi connectivity index (χ1) is 13.2. The number of anilines is 2. The summed E-state index contributed by atoms with van der Waals surface area (Å²) in [4.78, 5) is 10.2. The van der Waals surface area contributed by atoms with Gasteiger partial charge < -0.3 is 15.2 Å². The van der Waals surface area contributed by atoms with Crippen molar-refractivity contribution in [2.75, 3.05) is 18.7 Å². The molecule has 2 aromatic heterocycles. The minimum Gasteiger partial charge on any atom is -0.504 e. The number of hydrogen-bond acceptors (Lipinski definition) is 6. The van der Waals surface area contributed by atoms with E-state index >= 15 is 0 Å². The summed E-state index contributed by atoms with van der Waals surface area (Å²) in [6.45, 7) is 0. The normalized spacial score (nSPS) is 10.9. The van der Waals surface area contributed by atoms with Crippen molar-refractivity contribution in [2.45, 2.75) is 4.90 Å². The molecule has 27 heavy (non-hydrogen) atoms. The van der Waals surface area contributed by atoms with Crippen LogP contribution in [0.1, 0.15) is 0 Å². The molecule has 0 radical (unpaired) electrons. The molecule has 0 saturated carbocycles. The maximum atomic E-state index is 9.83. The van der Waals surface area contributed by atoms with Crippen molar-refractivity contribution in [3.63, 3.8) is 0 Å².